The zero-order valence-corrected chi connectivity index (χ0v) is 13.1. The van der Waals surface area contributed by atoms with Gasteiger partial charge >= 0.3 is 0 Å². The fourth-order valence-corrected chi connectivity index (χ4v) is 2.29. The summed E-state index contributed by atoms with van der Waals surface area (Å²) in [4.78, 5) is 0. The van der Waals surface area contributed by atoms with Crippen LogP contribution in [0.15, 0.2) is 76.9 Å². The molecule has 0 spiro atoms. The van der Waals surface area contributed by atoms with Gasteiger partial charge in [0.1, 0.15) is 35.4 Å². The van der Waals surface area contributed by atoms with Gasteiger partial charge < -0.3 is 0 Å². The van der Waals surface area contributed by atoms with Gasteiger partial charge in [0.05, 0.1) is 5.57 Å². The average Bonchev–Trinajstić information content (AvgIpc) is 3.18. The molecule has 0 aliphatic heterocycles. The van der Waals surface area contributed by atoms with Gasteiger partial charge in [0.25, 0.3) is 0 Å². The van der Waals surface area contributed by atoms with Gasteiger partial charge in [0.2, 0.25) is 0 Å². The minimum Gasteiger partial charge on any atom is -0.192 e. The van der Waals surface area contributed by atoms with E-state index < -0.39 is 0 Å². The molecule has 1 aromatic carbocycles. The molecule has 0 saturated carbocycles. The zero-order chi connectivity index (χ0) is 18.1. The predicted molar refractivity (Wildman–Crippen MR) is 91.6 cm³/mol. The highest BCUT2D eigenvalue weighted by atomic mass is 14.3. The minimum atomic E-state index is -0.383. The van der Waals surface area contributed by atoms with Crippen LogP contribution in [0.1, 0.15) is 5.56 Å². The first-order chi connectivity index (χ1) is 12.2. The first-order valence-corrected chi connectivity index (χ1v) is 7.26. The number of rotatable bonds is 2. The molecule has 1 aliphatic carbocycles. The number of allylic oxidation sites excluding steroid dienone is 8. The number of nitrogens with zero attached hydrogens (tertiary/aromatic N) is 4. The molecule has 0 fully saturated rings. The molecular weight excluding hydrogens is 308 g/mol. The predicted octanol–water partition coefficient (Wildman–Crippen LogP) is 3.47. The summed E-state index contributed by atoms with van der Waals surface area (Å²) in [6, 6.07) is 16.4. The van der Waals surface area contributed by atoms with Crippen LogP contribution in [0, 0.1) is 63.1 Å². The van der Waals surface area contributed by atoms with Crippen molar-refractivity contribution in [3.63, 3.8) is 0 Å². The van der Waals surface area contributed by atoms with Crippen LogP contribution in [0.4, 0.5) is 0 Å². The third-order valence-electron chi connectivity index (χ3n) is 3.42. The Labute approximate surface area is 146 Å². The van der Waals surface area contributed by atoms with Gasteiger partial charge in [-0.1, -0.05) is 54.3 Å². The number of hydrogen-bond acceptors (Lipinski definition) is 4. The molecule has 2 rings (SSSR count). The molecule has 1 aromatic rings. The molecule has 4 nitrogen and oxygen atoms in total. The van der Waals surface area contributed by atoms with Crippen molar-refractivity contribution in [2.75, 3.05) is 0 Å². The number of benzene rings is 1. The fraction of sp³-hybridized carbons (Fsp3) is 0.0476. The molecule has 4 heteroatoms. The normalized spacial score (nSPS) is 11.0. The van der Waals surface area contributed by atoms with E-state index in [0.717, 1.165) is 0 Å². The van der Waals surface area contributed by atoms with Crippen molar-refractivity contribution in [3.8, 4) is 36.1 Å². The summed E-state index contributed by atoms with van der Waals surface area (Å²) in [5.74, 6) is 5.33. The first-order valence-electron chi connectivity index (χ1n) is 7.26. The molecule has 0 atom stereocenters. The van der Waals surface area contributed by atoms with E-state index in [9.17, 15) is 21.0 Å². The van der Waals surface area contributed by atoms with E-state index in [0.29, 0.717) is 5.56 Å². The molecular formula is C21H10N4. The van der Waals surface area contributed by atoms with E-state index in [1.54, 1.807) is 36.4 Å². The van der Waals surface area contributed by atoms with Crippen molar-refractivity contribution in [2.24, 2.45) is 5.92 Å². The van der Waals surface area contributed by atoms with Crippen molar-refractivity contribution in [2.45, 2.75) is 0 Å². The van der Waals surface area contributed by atoms with E-state index in [1.807, 2.05) is 42.5 Å². The van der Waals surface area contributed by atoms with Gasteiger partial charge in [-0.3, -0.25) is 0 Å². The molecule has 0 heterocycles. The Kier molecular flexibility index (Phi) is 5.71. The Morgan fingerprint density at radius 2 is 1.32 bits per heavy atom. The fourth-order valence-electron chi connectivity index (χ4n) is 2.29. The molecule has 0 N–H and O–H groups in total. The summed E-state index contributed by atoms with van der Waals surface area (Å²) in [5.41, 5.74) is 0.684. The molecule has 0 aromatic heterocycles. The maximum Gasteiger partial charge on any atom is 0.145 e. The highest BCUT2D eigenvalue weighted by Crippen LogP contribution is 2.30. The first kappa shape index (κ1) is 17.1. The van der Waals surface area contributed by atoms with Crippen LogP contribution in [0.2, 0.25) is 0 Å². The van der Waals surface area contributed by atoms with Crippen LogP contribution in [0.5, 0.6) is 0 Å². The second kappa shape index (κ2) is 8.36. The topological polar surface area (TPSA) is 95.2 Å². The molecule has 0 unspecified atom stereocenters. The Balaban J connectivity index is 2.74. The van der Waals surface area contributed by atoms with Gasteiger partial charge in [-0.05, 0) is 12.1 Å². The van der Waals surface area contributed by atoms with E-state index >= 15 is 0 Å². The summed E-state index contributed by atoms with van der Waals surface area (Å²) in [6.07, 6.45) is 7.11. The molecule has 0 radical (unpaired) electrons. The van der Waals surface area contributed by atoms with Crippen LogP contribution in [-0.4, -0.2) is 0 Å². The quantitative estimate of drug-likeness (QED) is 0.474. The molecule has 0 saturated heterocycles. The van der Waals surface area contributed by atoms with Gasteiger partial charge in [0.15, 0.2) is 0 Å². The van der Waals surface area contributed by atoms with Crippen LogP contribution in [-0.2, 0) is 0 Å². The number of hydrogen-bond donors (Lipinski definition) is 0. The largest absolute Gasteiger partial charge is 0.192 e. The molecule has 114 valence electrons. The standard InChI is InChI=1S/C21H10N4/c22-12-18(13-23)20(11-10-16-6-2-1-3-7-16)21(19(14-24)15-25)17-8-4-5-9-17/h1-9,17H. The highest BCUT2D eigenvalue weighted by Gasteiger charge is 2.22. The van der Waals surface area contributed by atoms with E-state index in [2.05, 4.69) is 11.8 Å². The summed E-state index contributed by atoms with van der Waals surface area (Å²) in [6.45, 7) is 0. The van der Waals surface area contributed by atoms with Crippen LogP contribution in [0.25, 0.3) is 0 Å². The second-order valence-corrected chi connectivity index (χ2v) is 4.90. The summed E-state index contributed by atoms with van der Waals surface area (Å²) < 4.78 is 0. The maximum atomic E-state index is 9.30. The Morgan fingerprint density at radius 3 is 1.84 bits per heavy atom. The summed E-state index contributed by atoms with van der Waals surface area (Å²) in [5, 5.41) is 37.2. The zero-order valence-electron chi connectivity index (χ0n) is 13.1. The van der Waals surface area contributed by atoms with E-state index in [1.165, 1.54) is 0 Å². The third kappa shape index (κ3) is 3.92. The van der Waals surface area contributed by atoms with Crippen molar-refractivity contribution in [3.05, 3.63) is 82.5 Å². The second-order valence-electron chi connectivity index (χ2n) is 4.90. The van der Waals surface area contributed by atoms with E-state index in [-0.39, 0.29) is 28.2 Å². The van der Waals surface area contributed by atoms with Crippen molar-refractivity contribution in [1.82, 2.24) is 0 Å². The van der Waals surface area contributed by atoms with Crippen molar-refractivity contribution >= 4 is 0 Å². The van der Waals surface area contributed by atoms with Crippen LogP contribution >= 0.6 is 0 Å². The Morgan fingerprint density at radius 1 is 0.760 bits per heavy atom. The van der Waals surface area contributed by atoms with Crippen molar-refractivity contribution < 1.29 is 0 Å². The monoisotopic (exact) mass is 318 g/mol. The smallest absolute Gasteiger partial charge is 0.145 e. The molecule has 0 amide bonds. The van der Waals surface area contributed by atoms with Crippen molar-refractivity contribution in [1.29, 1.82) is 21.0 Å². The lowest BCUT2D eigenvalue weighted by Crippen LogP contribution is -2.05. The molecule has 0 bridgehead atoms. The van der Waals surface area contributed by atoms with Crippen LogP contribution < -0.4 is 0 Å². The summed E-state index contributed by atoms with van der Waals surface area (Å²) in [7, 11) is 0. The summed E-state index contributed by atoms with van der Waals surface area (Å²) >= 11 is 0. The van der Waals surface area contributed by atoms with Gasteiger partial charge in [0, 0.05) is 17.1 Å². The minimum absolute atomic E-state index is 0.105. The van der Waals surface area contributed by atoms with Crippen LogP contribution in [0.3, 0.4) is 0 Å². The maximum absolute atomic E-state index is 9.30. The lowest BCUT2D eigenvalue weighted by molar-refractivity contribution is 0.998. The van der Waals surface area contributed by atoms with Gasteiger partial charge in [-0.2, -0.15) is 21.0 Å². The van der Waals surface area contributed by atoms with Gasteiger partial charge in [-0.15, -0.1) is 0 Å². The average molecular weight is 318 g/mol. The Bertz CT molecular complexity index is 984. The molecule has 1 aliphatic rings. The van der Waals surface area contributed by atoms with Gasteiger partial charge in [-0.25, -0.2) is 0 Å². The number of nitriles is 4. The lowest BCUT2D eigenvalue weighted by Gasteiger charge is -2.12. The van der Waals surface area contributed by atoms with E-state index in [4.69, 9.17) is 0 Å². The highest BCUT2D eigenvalue weighted by molar-refractivity contribution is 5.66. The SMILES string of the molecule is N#CC(C#N)=C(C#Cc1ccccc1)C(=C(C#N)C#N)C1C=CC=C1. The third-order valence-corrected chi connectivity index (χ3v) is 3.42. The Hall–Kier alpha value is -4.30. The lowest BCUT2D eigenvalue weighted by atomic mass is 9.87. The molecule has 25 heavy (non-hydrogen) atoms.